The Morgan fingerprint density at radius 1 is 0.299 bits per heavy atom. The summed E-state index contributed by atoms with van der Waals surface area (Å²) in [5.41, 5.74) is 18.0. The number of hydrogen-bond donors (Lipinski definition) is 0. The van der Waals surface area contributed by atoms with Crippen molar-refractivity contribution in [3.63, 3.8) is 0 Å². The topological polar surface area (TPSA) is 21.3 Å². The molecule has 0 fully saturated rings. The summed E-state index contributed by atoms with van der Waals surface area (Å²) < 4.78 is 8.62. The number of hydrogen-bond acceptors (Lipinski definition) is 2. The number of nitrogens with zero attached hydrogens (tertiary/aromatic N) is 2. The molecule has 0 saturated carbocycles. The molecule has 0 N–H and O–H groups in total. The first kappa shape index (κ1) is 38.5. The van der Waals surface area contributed by atoms with Gasteiger partial charge in [-0.05, 0) is 134 Å². The summed E-state index contributed by atoms with van der Waals surface area (Å²) in [5.74, 6) is 0. The first-order valence-corrected chi connectivity index (χ1v) is 22.9. The van der Waals surface area contributed by atoms with Crippen LogP contribution in [0.5, 0.6) is 0 Å². The van der Waals surface area contributed by atoms with Crippen molar-refractivity contribution in [1.82, 2.24) is 4.57 Å². The van der Waals surface area contributed by atoms with E-state index in [2.05, 4.69) is 252 Å². The van der Waals surface area contributed by atoms with Crippen molar-refractivity contribution in [2.24, 2.45) is 0 Å². The normalized spacial score (nSPS) is 11.6. The maximum Gasteiger partial charge on any atom is 0.136 e. The second-order valence-electron chi connectivity index (χ2n) is 17.3. The van der Waals surface area contributed by atoms with Crippen LogP contribution in [0.25, 0.3) is 105 Å². The Morgan fingerprint density at radius 3 is 1.46 bits per heavy atom. The Kier molecular flexibility index (Phi) is 9.17. The van der Waals surface area contributed by atoms with E-state index in [9.17, 15) is 0 Å². The third kappa shape index (κ3) is 6.76. The van der Waals surface area contributed by atoms with Crippen LogP contribution in [0.4, 0.5) is 17.1 Å². The Labute approximate surface area is 388 Å². The molecule has 0 aliphatic carbocycles. The van der Waals surface area contributed by atoms with Crippen molar-refractivity contribution >= 4 is 71.6 Å². The van der Waals surface area contributed by atoms with Crippen molar-refractivity contribution in [3.8, 4) is 50.2 Å². The first-order valence-electron chi connectivity index (χ1n) is 22.9. The highest BCUT2D eigenvalue weighted by atomic mass is 16.3. The molecule has 13 aromatic rings. The Morgan fingerprint density at radius 2 is 0.791 bits per heavy atom. The number of rotatable bonds is 8. The van der Waals surface area contributed by atoms with E-state index in [-0.39, 0.29) is 0 Å². The molecule has 67 heavy (non-hydrogen) atoms. The van der Waals surface area contributed by atoms with E-state index in [0.717, 1.165) is 61.4 Å². The number of fused-ring (bicyclic) bond motifs is 7. The summed E-state index contributed by atoms with van der Waals surface area (Å²) in [7, 11) is 0. The quantitative estimate of drug-likeness (QED) is 0.152. The number of anilines is 3. The van der Waals surface area contributed by atoms with Gasteiger partial charge in [0.25, 0.3) is 0 Å². The number of para-hydroxylation sites is 3. The molecule has 2 aromatic heterocycles. The van der Waals surface area contributed by atoms with Crippen LogP contribution in [-0.4, -0.2) is 4.57 Å². The zero-order valence-electron chi connectivity index (χ0n) is 36.6. The third-order valence-electron chi connectivity index (χ3n) is 13.4. The van der Waals surface area contributed by atoms with Crippen molar-refractivity contribution in [2.75, 3.05) is 4.90 Å². The summed E-state index contributed by atoms with van der Waals surface area (Å²) in [5, 5.41) is 7.28. The molecule has 2 heterocycles. The maximum atomic E-state index is 6.26. The van der Waals surface area contributed by atoms with Gasteiger partial charge >= 0.3 is 0 Å². The van der Waals surface area contributed by atoms with Crippen molar-refractivity contribution in [3.05, 3.63) is 255 Å². The van der Waals surface area contributed by atoms with Crippen LogP contribution in [0.1, 0.15) is 0 Å². The fraction of sp³-hybridized carbons (Fsp3) is 0. The molecule has 0 aliphatic heterocycles. The van der Waals surface area contributed by atoms with Gasteiger partial charge < -0.3 is 13.9 Å². The van der Waals surface area contributed by atoms with E-state index in [1.54, 1.807) is 0 Å². The van der Waals surface area contributed by atoms with E-state index >= 15 is 0 Å². The van der Waals surface area contributed by atoms with E-state index in [1.165, 1.54) is 60.4 Å². The lowest BCUT2D eigenvalue weighted by molar-refractivity contribution is 0.669. The summed E-state index contributed by atoms with van der Waals surface area (Å²) in [4.78, 5) is 2.36. The van der Waals surface area contributed by atoms with Crippen molar-refractivity contribution in [2.45, 2.75) is 0 Å². The minimum absolute atomic E-state index is 0.898. The van der Waals surface area contributed by atoms with Crippen LogP contribution in [0.15, 0.2) is 259 Å². The lowest BCUT2D eigenvalue weighted by Crippen LogP contribution is -2.10. The molecular weight excluding hydrogens is 813 g/mol. The lowest BCUT2D eigenvalue weighted by Gasteiger charge is -2.26. The highest BCUT2D eigenvalue weighted by Crippen LogP contribution is 2.41. The van der Waals surface area contributed by atoms with Crippen molar-refractivity contribution < 1.29 is 4.42 Å². The molecule has 0 unspecified atom stereocenters. The van der Waals surface area contributed by atoms with Crippen LogP contribution in [0.2, 0.25) is 0 Å². The minimum atomic E-state index is 0.898. The molecule has 0 radical (unpaired) electrons. The number of benzene rings is 11. The lowest BCUT2D eigenvalue weighted by atomic mass is 9.98. The molecule has 13 rings (SSSR count). The van der Waals surface area contributed by atoms with Crippen LogP contribution in [0, 0.1) is 0 Å². The second-order valence-corrected chi connectivity index (χ2v) is 17.3. The van der Waals surface area contributed by atoms with E-state index < -0.39 is 0 Å². The molecule has 0 saturated heterocycles. The van der Waals surface area contributed by atoms with Gasteiger partial charge in [-0.3, -0.25) is 0 Å². The largest absolute Gasteiger partial charge is 0.456 e. The molecule has 0 amide bonds. The molecule has 314 valence electrons. The molecule has 0 aliphatic rings. The van der Waals surface area contributed by atoms with E-state index in [1.807, 2.05) is 12.1 Å². The maximum absolute atomic E-state index is 6.26. The monoisotopic (exact) mass is 854 g/mol. The zero-order valence-corrected chi connectivity index (χ0v) is 36.6. The molecule has 3 nitrogen and oxygen atoms in total. The van der Waals surface area contributed by atoms with Gasteiger partial charge in [-0.2, -0.15) is 0 Å². The summed E-state index contributed by atoms with van der Waals surface area (Å²) in [6.07, 6.45) is 0. The summed E-state index contributed by atoms with van der Waals surface area (Å²) in [6, 6.07) is 91.9. The molecular formula is C64H42N2O. The van der Waals surface area contributed by atoms with Crippen LogP contribution < -0.4 is 4.90 Å². The fourth-order valence-electron chi connectivity index (χ4n) is 10.1. The van der Waals surface area contributed by atoms with Crippen LogP contribution in [0.3, 0.4) is 0 Å². The van der Waals surface area contributed by atoms with Gasteiger partial charge in [-0.25, -0.2) is 0 Å². The number of aromatic nitrogens is 1. The molecule has 3 heteroatoms. The minimum Gasteiger partial charge on any atom is -0.456 e. The van der Waals surface area contributed by atoms with Crippen LogP contribution >= 0.6 is 0 Å². The SMILES string of the molecule is c1cc(-c2ccc3ccccc3c2)cc(N(c2ccc(-c3ccc(-c4ccc(-n5c6ccccc6c6ccccc65)cc4)cc3)cc2)c2ccc(-c3cccc4oc5ccccc5c34)cc2)c1. The van der Waals surface area contributed by atoms with Crippen molar-refractivity contribution in [1.29, 1.82) is 0 Å². The van der Waals surface area contributed by atoms with Gasteiger partial charge in [-0.1, -0.05) is 176 Å². The summed E-state index contributed by atoms with van der Waals surface area (Å²) >= 11 is 0. The van der Waals surface area contributed by atoms with Gasteiger partial charge in [0.1, 0.15) is 11.2 Å². The molecule has 0 bridgehead atoms. The standard InChI is InChI=1S/C64H42N2O/c1-2-12-49-41-51(28-27-43(49)11-1)50-13-9-14-55(42-50)65(53-39-33-48(34-40-53)56-18-10-22-63-64(56)59-17-5-8-21-62(59)67-63)52-35-29-46(30-36-52)44-23-25-45(26-24-44)47-31-37-54(38-32-47)66-60-19-6-3-15-57(60)58-16-4-7-20-61(58)66/h1-42H. The van der Waals surface area contributed by atoms with E-state index in [4.69, 9.17) is 4.42 Å². The molecule has 0 spiro atoms. The van der Waals surface area contributed by atoms with Crippen LogP contribution in [-0.2, 0) is 0 Å². The predicted octanol–water partition coefficient (Wildman–Crippen LogP) is 18.0. The van der Waals surface area contributed by atoms with Gasteiger partial charge in [0.15, 0.2) is 0 Å². The van der Waals surface area contributed by atoms with E-state index in [0.29, 0.717) is 0 Å². The highest BCUT2D eigenvalue weighted by molar-refractivity contribution is 6.12. The Bertz CT molecular complexity index is 3900. The fourth-order valence-corrected chi connectivity index (χ4v) is 10.1. The predicted molar refractivity (Wildman–Crippen MR) is 282 cm³/mol. The van der Waals surface area contributed by atoms with Gasteiger partial charge in [-0.15, -0.1) is 0 Å². The highest BCUT2D eigenvalue weighted by Gasteiger charge is 2.17. The molecule has 11 aromatic carbocycles. The Balaban J connectivity index is 0.828. The first-order chi connectivity index (χ1) is 33.2. The van der Waals surface area contributed by atoms with Gasteiger partial charge in [0.05, 0.1) is 11.0 Å². The van der Waals surface area contributed by atoms with Gasteiger partial charge in [0, 0.05) is 44.3 Å². The smallest absolute Gasteiger partial charge is 0.136 e. The average Bonchev–Trinajstić information content (AvgIpc) is 3.96. The third-order valence-corrected chi connectivity index (χ3v) is 13.4. The Hall–Kier alpha value is -8.92. The summed E-state index contributed by atoms with van der Waals surface area (Å²) in [6.45, 7) is 0. The second kappa shape index (κ2) is 16.0. The van der Waals surface area contributed by atoms with Gasteiger partial charge in [0.2, 0.25) is 0 Å². The average molecular weight is 855 g/mol. The zero-order chi connectivity index (χ0) is 44.3. The number of furan rings is 1. The molecule has 0 atom stereocenters.